The molecule has 0 saturated heterocycles. The van der Waals surface area contributed by atoms with Crippen LogP contribution in [-0.4, -0.2) is 31.6 Å². The van der Waals surface area contributed by atoms with Crippen LogP contribution in [0.5, 0.6) is 0 Å². The Morgan fingerprint density at radius 1 is 1.12 bits per heavy atom. The molecule has 200 valence electrons. The van der Waals surface area contributed by atoms with E-state index in [2.05, 4.69) is 37.1 Å². The van der Waals surface area contributed by atoms with E-state index in [0.29, 0.717) is 45.5 Å². The first-order valence-corrected chi connectivity index (χ1v) is 13.7. The molecule has 3 N–H and O–H groups in total. The number of carbonyl (C=O) groups excluding carboxylic acids is 1. The first kappa shape index (κ1) is 25.9. The van der Waals surface area contributed by atoms with Gasteiger partial charge in [-0.2, -0.15) is 0 Å². The Labute approximate surface area is 239 Å². The number of nitrogens with one attached hydrogen (secondary N) is 1. The molecule has 0 radical (unpaired) electrons. The summed E-state index contributed by atoms with van der Waals surface area (Å²) in [5.74, 6) is 5.73. The van der Waals surface area contributed by atoms with Gasteiger partial charge in [-0.05, 0) is 42.5 Å². The van der Waals surface area contributed by atoms with Crippen molar-refractivity contribution in [1.82, 2.24) is 24.8 Å². The highest BCUT2D eigenvalue weighted by atomic mass is 32.1. The fourth-order valence-electron chi connectivity index (χ4n) is 4.62. The zero-order chi connectivity index (χ0) is 28.3. The molecular weight excluding hydrogens is 534 g/mol. The van der Waals surface area contributed by atoms with E-state index in [9.17, 15) is 9.59 Å². The molecular formula is C31H23N7O2S. The van der Waals surface area contributed by atoms with Gasteiger partial charge in [-0.15, -0.1) is 11.3 Å². The topological polar surface area (TPSA) is 128 Å². The number of rotatable bonds is 5. The minimum absolute atomic E-state index is 0.00384. The normalized spacial score (nSPS) is 13.0. The van der Waals surface area contributed by atoms with Crippen molar-refractivity contribution < 1.29 is 4.79 Å². The minimum atomic E-state index is -0.597. The molecule has 5 aromatic rings. The lowest BCUT2D eigenvalue weighted by Gasteiger charge is -2.21. The number of aromatic nitrogens is 4. The third-order valence-corrected chi connectivity index (χ3v) is 7.25. The maximum absolute atomic E-state index is 14.1. The quantitative estimate of drug-likeness (QED) is 0.306. The van der Waals surface area contributed by atoms with Crippen molar-refractivity contribution in [2.75, 3.05) is 5.73 Å². The van der Waals surface area contributed by atoms with Gasteiger partial charge in [0.25, 0.3) is 11.5 Å². The molecule has 2 aromatic carbocycles. The molecule has 9 nitrogen and oxygen atoms in total. The van der Waals surface area contributed by atoms with Crippen LogP contribution in [0, 0.1) is 11.8 Å². The van der Waals surface area contributed by atoms with Crippen LogP contribution in [0.4, 0.5) is 5.82 Å². The Bertz CT molecular complexity index is 1970. The van der Waals surface area contributed by atoms with Crippen LogP contribution in [0.1, 0.15) is 51.7 Å². The molecule has 0 saturated carbocycles. The third kappa shape index (κ3) is 5.14. The lowest BCUT2D eigenvalue weighted by molar-refractivity contribution is 0.0934. The molecule has 1 atom stereocenters. The summed E-state index contributed by atoms with van der Waals surface area (Å²) >= 11 is 1.43. The van der Waals surface area contributed by atoms with Crippen molar-refractivity contribution in [3.05, 3.63) is 116 Å². The van der Waals surface area contributed by atoms with E-state index in [1.165, 1.54) is 17.5 Å². The van der Waals surface area contributed by atoms with Crippen LogP contribution in [0.2, 0.25) is 0 Å². The molecule has 4 heterocycles. The van der Waals surface area contributed by atoms with Crippen LogP contribution in [0.3, 0.4) is 0 Å². The van der Waals surface area contributed by atoms with Gasteiger partial charge in [0.2, 0.25) is 0 Å². The number of allylic oxidation sites excluding steroid dienone is 1. The molecule has 41 heavy (non-hydrogen) atoms. The van der Waals surface area contributed by atoms with Gasteiger partial charge in [0.15, 0.2) is 11.5 Å². The average molecular weight is 558 g/mol. The molecule has 0 unspecified atom stereocenters. The highest BCUT2D eigenvalue weighted by molar-refractivity contribution is 7.10. The van der Waals surface area contributed by atoms with Gasteiger partial charge in [0, 0.05) is 29.6 Å². The van der Waals surface area contributed by atoms with Crippen molar-refractivity contribution in [1.29, 1.82) is 0 Å². The maximum Gasteiger partial charge on any atom is 0.274 e. The van der Waals surface area contributed by atoms with Crippen LogP contribution < -0.4 is 16.6 Å². The Kier molecular flexibility index (Phi) is 6.93. The molecule has 0 fully saturated rings. The summed E-state index contributed by atoms with van der Waals surface area (Å²) in [6, 6.07) is 16.1. The predicted octanol–water partition coefficient (Wildman–Crippen LogP) is 4.53. The monoisotopic (exact) mass is 557 g/mol. The predicted molar refractivity (Wildman–Crippen MR) is 161 cm³/mol. The second-order valence-corrected chi connectivity index (χ2v) is 10.1. The fraction of sp³-hybridized carbons (Fsp3) is 0.0968. The van der Waals surface area contributed by atoms with Gasteiger partial charge in [0.1, 0.15) is 5.69 Å². The van der Waals surface area contributed by atoms with Crippen molar-refractivity contribution in [3.63, 3.8) is 0 Å². The number of fused-ring (bicyclic) bond motifs is 1. The number of para-hydroxylation sites is 1. The van der Waals surface area contributed by atoms with Gasteiger partial charge in [-0.25, -0.2) is 9.97 Å². The summed E-state index contributed by atoms with van der Waals surface area (Å²) in [5.41, 5.74) is 10.5. The Morgan fingerprint density at radius 2 is 1.98 bits per heavy atom. The van der Waals surface area contributed by atoms with Gasteiger partial charge in [-0.1, -0.05) is 42.3 Å². The number of hydrogen-bond acceptors (Lipinski definition) is 8. The lowest BCUT2D eigenvalue weighted by atomic mass is 10.0. The van der Waals surface area contributed by atoms with Crippen LogP contribution in [0.15, 0.2) is 88.4 Å². The molecule has 0 spiro atoms. The number of pyridine rings is 1. The standard InChI is InChI=1S/C31H23N7O2S/c1-19(36-30(39)28-29(32)35-17-25(37-28)24-11-6-14-34-24)26-15-21-8-5-7-20(12-13-23-16-33-18-41-23)27(21)31(40)38(26)22-9-3-2-4-10-22/h2-5,7-11,14-19H,6H2,1H3,(H2,32,35)(H,36,39)/t19-/m1/s1. The number of nitrogens with zero attached hydrogens (tertiary/aromatic N) is 5. The summed E-state index contributed by atoms with van der Waals surface area (Å²) in [6.45, 7) is 1.81. The Balaban J connectivity index is 1.43. The Morgan fingerprint density at radius 3 is 2.73 bits per heavy atom. The number of amides is 1. The van der Waals surface area contributed by atoms with Gasteiger partial charge < -0.3 is 11.1 Å². The van der Waals surface area contributed by atoms with Crippen molar-refractivity contribution in [3.8, 4) is 17.5 Å². The second kappa shape index (κ2) is 11.0. The second-order valence-electron chi connectivity index (χ2n) is 9.25. The summed E-state index contributed by atoms with van der Waals surface area (Å²) in [5, 5.41) is 4.16. The number of hydrogen-bond donors (Lipinski definition) is 2. The minimum Gasteiger partial charge on any atom is -0.382 e. The van der Waals surface area contributed by atoms with Crippen molar-refractivity contribution in [2.24, 2.45) is 4.99 Å². The first-order chi connectivity index (χ1) is 20.0. The zero-order valence-electron chi connectivity index (χ0n) is 21.9. The fourth-order valence-corrected chi connectivity index (χ4v) is 5.09. The molecule has 0 aliphatic carbocycles. The molecule has 3 aromatic heterocycles. The maximum atomic E-state index is 14.1. The number of nitrogen functional groups attached to an aromatic ring is 1. The number of aliphatic imine (C=N–C) groups is 1. The summed E-state index contributed by atoms with van der Waals surface area (Å²) in [4.78, 5) is 45.3. The SMILES string of the molecule is C[C@@H](NC(=O)c1nc(C2=CCC=N2)cnc1N)c1cc2cccc(C#Cc3cncs3)c2c(=O)n1-c1ccccc1. The third-order valence-electron chi connectivity index (χ3n) is 6.56. The zero-order valence-corrected chi connectivity index (χ0v) is 22.7. The molecule has 1 aliphatic heterocycles. The van der Waals surface area contributed by atoms with E-state index in [-0.39, 0.29) is 17.1 Å². The van der Waals surface area contributed by atoms with E-state index >= 15 is 0 Å². The molecule has 6 rings (SSSR count). The molecule has 1 amide bonds. The average Bonchev–Trinajstić information content (AvgIpc) is 3.72. The number of thiazole rings is 1. The van der Waals surface area contributed by atoms with Crippen LogP contribution in [0.25, 0.3) is 22.2 Å². The van der Waals surface area contributed by atoms with E-state index in [1.807, 2.05) is 67.6 Å². The van der Waals surface area contributed by atoms with Crippen molar-refractivity contribution >= 4 is 45.7 Å². The van der Waals surface area contributed by atoms with E-state index < -0.39 is 11.9 Å². The summed E-state index contributed by atoms with van der Waals surface area (Å²) in [7, 11) is 0. The highest BCUT2D eigenvalue weighted by Gasteiger charge is 2.22. The lowest BCUT2D eigenvalue weighted by Crippen LogP contribution is -2.33. The van der Waals surface area contributed by atoms with Gasteiger partial charge in [-0.3, -0.25) is 24.1 Å². The number of benzene rings is 2. The van der Waals surface area contributed by atoms with Crippen molar-refractivity contribution in [2.45, 2.75) is 19.4 Å². The van der Waals surface area contributed by atoms with Gasteiger partial charge >= 0.3 is 0 Å². The molecule has 10 heteroatoms. The molecule has 1 aliphatic rings. The smallest absolute Gasteiger partial charge is 0.274 e. The van der Waals surface area contributed by atoms with Gasteiger partial charge in [0.05, 0.1) is 39.9 Å². The summed E-state index contributed by atoms with van der Waals surface area (Å²) in [6.07, 6.45) is 7.54. The number of nitrogens with two attached hydrogens (primary N) is 1. The van der Waals surface area contributed by atoms with E-state index in [0.717, 1.165) is 4.88 Å². The number of anilines is 1. The molecule has 0 bridgehead atoms. The summed E-state index contributed by atoms with van der Waals surface area (Å²) < 4.78 is 1.61. The van der Waals surface area contributed by atoms with Crippen LogP contribution in [-0.2, 0) is 0 Å². The van der Waals surface area contributed by atoms with Crippen LogP contribution >= 0.6 is 11.3 Å². The highest BCUT2D eigenvalue weighted by Crippen LogP contribution is 2.24. The number of carbonyl (C=O) groups is 1. The largest absolute Gasteiger partial charge is 0.382 e. The Hall–Kier alpha value is -5.40. The first-order valence-electron chi connectivity index (χ1n) is 12.8. The van der Waals surface area contributed by atoms with E-state index in [4.69, 9.17) is 5.73 Å². The van der Waals surface area contributed by atoms with E-state index in [1.54, 1.807) is 22.5 Å².